The normalized spacial score (nSPS) is 14.6. The molecule has 1 saturated heterocycles. The summed E-state index contributed by atoms with van der Waals surface area (Å²) < 4.78 is 11.5. The van der Waals surface area contributed by atoms with Gasteiger partial charge in [-0.25, -0.2) is 0 Å². The Morgan fingerprint density at radius 2 is 1.25 bits per heavy atom. The fourth-order valence-corrected chi connectivity index (χ4v) is 6.00. The van der Waals surface area contributed by atoms with Gasteiger partial charge in [0.05, 0.1) is 13.2 Å². The van der Waals surface area contributed by atoms with E-state index in [2.05, 4.69) is 84.9 Å². The van der Waals surface area contributed by atoms with Gasteiger partial charge in [-0.15, -0.1) is 17.0 Å². The van der Waals surface area contributed by atoms with Crippen molar-refractivity contribution < 1.29 is 9.47 Å². The summed E-state index contributed by atoms with van der Waals surface area (Å²) in [5.41, 5.74) is 1.40. The lowest BCUT2D eigenvalue weighted by Gasteiger charge is -2.25. The number of ether oxygens (including phenoxy) is 2. The second-order valence-electron chi connectivity index (χ2n) is 6.70. The molecular weight excluding hydrogens is 431 g/mol. The van der Waals surface area contributed by atoms with E-state index in [4.69, 9.17) is 9.47 Å². The first-order valence-electron chi connectivity index (χ1n) is 9.63. The second-order valence-corrected chi connectivity index (χ2v) is 8.88. The van der Waals surface area contributed by atoms with Gasteiger partial charge >= 0.3 is 0 Å². The summed E-state index contributed by atoms with van der Waals surface area (Å²) in [6.45, 7) is 1.63. The van der Waals surface area contributed by atoms with Gasteiger partial charge < -0.3 is 9.47 Å². The van der Waals surface area contributed by atoms with Crippen LogP contribution in [0.4, 0.5) is 0 Å². The van der Waals surface area contributed by atoms with Crippen LogP contribution in [0.3, 0.4) is 0 Å². The zero-order valence-electron chi connectivity index (χ0n) is 15.9. The molecule has 0 N–H and O–H groups in total. The summed E-state index contributed by atoms with van der Waals surface area (Å²) >= 11 is 0. The predicted molar refractivity (Wildman–Crippen MR) is 124 cm³/mol. The molecule has 146 valence electrons. The van der Waals surface area contributed by atoms with Crippen molar-refractivity contribution >= 4 is 40.8 Å². The highest BCUT2D eigenvalue weighted by Crippen LogP contribution is 2.34. The standard InChI is InChI=1S/C24H25O2P.BrH/c1-3-11-21(12-4-1)27(22-13-5-2-6-14-22)23-15-8-7-10-20(23)16-17-24-25-18-9-19-26-24;/h1-8,10-15,24H,9,16-19H2;1H. The molecule has 0 aliphatic carbocycles. The van der Waals surface area contributed by atoms with Crippen LogP contribution in [0.25, 0.3) is 0 Å². The van der Waals surface area contributed by atoms with Crippen LogP contribution in [0.1, 0.15) is 18.4 Å². The van der Waals surface area contributed by atoms with Crippen LogP contribution in [0.2, 0.25) is 0 Å². The number of hydrogen-bond donors (Lipinski definition) is 0. The average Bonchev–Trinajstić information content (AvgIpc) is 2.76. The van der Waals surface area contributed by atoms with E-state index in [0.29, 0.717) is 0 Å². The second kappa shape index (κ2) is 10.9. The highest BCUT2D eigenvalue weighted by Gasteiger charge is 2.20. The Bertz CT molecular complexity index is 796. The summed E-state index contributed by atoms with van der Waals surface area (Å²) in [5.74, 6) is 0. The van der Waals surface area contributed by atoms with Crippen molar-refractivity contribution in [2.75, 3.05) is 13.2 Å². The SMILES string of the molecule is Br.c1ccc(P(c2ccccc2)c2ccccc2CCC2OCCCO2)cc1. The molecule has 1 heterocycles. The Hall–Kier alpha value is -1.51. The fourth-order valence-electron chi connectivity index (χ4n) is 3.50. The molecule has 4 heteroatoms. The Labute approximate surface area is 179 Å². The lowest BCUT2D eigenvalue weighted by Crippen LogP contribution is -2.27. The van der Waals surface area contributed by atoms with Gasteiger partial charge in [0.2, 0.25) is 0 Å². The van der Waals surface area contributed by atoms with E-state index < -0.39 is 7.92 Å². The number of rotatable bonds is 6. The number of hydrogen-bond acceptors (Lipinski definition) is 2. The third-order valence-electron chi connectivity index (χ3n) is 4.81. The molecule has 28 heavy (non-hydrogen) atoms. The van der Waals surface area contributed by atoms with E-state index in [1.165, 1.54) is 21.5 Å². The van der Waals surface area contributed by atoms with Crippen LogP contribution in [0, 0.1) is 0 Å². The van der Waals surface area contributed by atoms with Crippen molar-refractivity contribution in [2.24, 2.45) is 0 Å². The molecule has 0 amide bonds. The summed E-state index contributed by atoms with van der Waals surface area (Å²) in [6, 6.07) is 30.6. The summed E-state index contributed by atoms with van der Waals surface area (Å²) in [4.78, 5) is 0. The van der Waals surface area contributed by atoms with E-state index in [0.717, 1.165) is 32.5 Å². The maximum atomic E-state index is 5.75. The lowest BCUT2D eigenvalue weighted by atomic mass is 10.1. The minimum Gasteiger partial charge on any atom is -0.353 e. The van der Waals surface area contributed by atoms with Crippen molar-refractivity contribution in [3.05, 3.63) is 90.5 Å². The monoisotopic (exact) mass is 456 g/mol. The topological polar surface area (TPSA) is 18.5 Å². The average molecular weight is 457 g/mol. The molecule has 0 radical (unpaired) electrons. The molecule has 0 bridgehead atoms. The molecule has 1 fully saturated rings. The first-order valence-corrected chi connectivity index (χ1v) is 11.0. The zero-order valence-corrected chi connectivity index (χ0v) is 18.5. The smallest absolute Gasteiger partial charge is 0.157 e. The number of benzene rings is 3. The van der Waals surface area contributed by atoms with E-state index in [-0.39, 0.29) is 23.3 Å². The Morgan fingerprint density at radius 1 is 0.714 bits per heavy atom. The van der Waals surface area contributed by atoms with Gasteiger partial charge in [0.1, 0.15) is 0 Å². The largest absolute Gasteiger partial charge is 0.353 e. The number of halogens is 1. The highest BCUT2D eigenvalue weighted by molar-refractivity contribution is 8.93. The molecule has 4 rings (SSSR count). The molecular formula is C24H26BrO2P. The minimum absolute atomic E-state index is 0. The first-order chi connectivity index (χ1) is 13.4. The van der Waals surface area contributed by atoms with Crippen molar-refractivity contribution in [1.29, 1.82) is 0 Å². The van der Waals surface area contributed by atoms with Crippen LogP contribution >= 0.6 is 24.9 Å². The van der Waals surface area contributed by atoms with Gasteiger partial charge in [0.25, 0.3) is 0 Å². The van der Waals surface area contributed by atoms with Crippen LogP contribution in [-0.2, 0) is 15.9 Å². The van der Waals surface area contributed by atoms with Crippen LogP contribution in [-0.4, -0.2) is 19.5 Å². The Kier molecular flexibility index (Phi) is 8.24. The molecule has 0 aromatic heterocycles. The summed E-state index contributed by atoms with van der Waals surface area (Å²) in [7, 11) is -0.577. The molecule has 2 nitrogen and oxygen atoms in total. The molecule has 0 saturated carbocycles. The molecule has 0 spiro atoms. The third-order valence-corrected chi connectivity index (χ3v) is 7.35. The lowest BCUT2D eigenvalue weighted by molar-refractivity contribution is -0.180. The van der Waals surface area contributed by atoms with E-state index >= 15 is 0 Å². The minimum atomic E-state index is -0.577. The van der Waals surface area contributed by atoms with Gasteiger partial charge in [-0.2, -0.15) is 0 Å². The molecule has 0 atom stereocenters. The summed E-state index contributed by atoms with van der Waals surface area (Å²) in [5, 5.41) is 4.20. The zero-order chi connectivity index (χ0) is 18.3. The highest BCUT2D eigenvalue weighted by atomic mass is 79.9. The molecule has 0 unspecified atom stereocenters. The van der Waals surface area contributed by atoms with Crippen molar-refractivity contribution in [1.82, 2.24) is 0 Å². The fraction of sp³-hybridized carbons (Fsp3) is 0.250. The van der Waals surface area contributed by atoms with Gasteiger partial charge in [0.15, 0.2) is 6.29 Å². The van der Waals surface area contributed by atoms with Gasteiger partial charge in [0, 0.05) is 6.42 Å². The third kappa shape index (κ3) is 5.30. The van der Waals surface area contributed by atoms with Crippen molar-refractivity contribution in [2.45, 2.75) is 25.6 Å². The van der Waals surface area contributed by atoms with E-state index in [1.807, 2.05) is 0 Å². The van der Waals surface area contributed by atoms with Crippen LogP contribution in [0.5, 0.6) is 0 Å². The predicted octanol–water partition coefficient (Wildman–Crippen LogP) is 4.72. The van der Waals surface area contributed by atoms with Crippen LogP contribution < -0.4 is 15.9 Å². The maximum absolute atomic E-state index is 5.75. The van der Waals surface area contributed by atoms with E-state index in [9.17, 15) is 0 Å². The molecule has 1 aliphatic heterocycles. The van der Waals surface area contributed by atoms with Crippen molar-refractivity contribution in [3.8, 4) is 0 Å². The first kappa shape index (κ1) is 21.2. The molecule has 1 aliphatic rings. The summed E-state index contributed by atoms with van der Waals surface area (Å²) in [6.07, 6.45) is 2.82. The van der Waals surface area contributed by atoms with Gasteiger partial charge in [-0.3, -0.25) is 0 Å². The van der Waals surface area contributed by atoms with Gasteiger partial charge in [-0.05, 0) is 42.2 Å². The Balaban J connectivity index is 0.00000225. The molecule has 3 aromatic rings. The Morgan fingerprint density at radius 3 is 1.86 bits per heavy atom. The van der Waals surface area contributed by atoms with Crippen molar-refractivity contribution in [3.63, 3.8) is 0 Å². The van der Waals surface area contributed by atoms with E-state index in [1.54, 1.807) is 0 Å². The number of aryl methyl sites for hydroxylation is 1. The van der Waals surface area contributed by atoms with Gasteiger partial charge in [-0.1, -0.05) is 84.9 Å². The quantitative estimate of drug-likeness (QED) is 0.499. The molecule has 3 aromatic carbocycles. The maximum Gasteiger partial charge on any atom is 0.157 e. The van der Waals surface area contributed by atoms with Crippen LogP contribution in [0.15, 0.2) is 84.9 Å².